The molecule has 0 fully saturated rings. The molecular weight excluding hydrogens is 246 g/mol. The molecule has 1 aliphatic rings. The van der Waals surface area contributed by atoms with Crippen LogP contribution in [-0.4, -0.2) is 17.6 Å². The van der Waals surface area contributed by atoms with Crippen LogP contribution >= 0.6 is 0 Å². The molecule has 1 atom stereocenters. The molecule has 1 aromatic heterocycles. The molecule has 1 amide bonds. The van der Waals surface area contributed by atoms with Gasteiger partial charge in [-0.3, -0.25) is 4.79 Å². The highest BCUT2D eigenvalue weighted by atomic mass is 16.5. The molecule has 0 aliphatic carbocycles. The van der Waals surface area contributed by atoms with Gasteiger partial charge >= 0.3 is 0 Å². The third kappa shape index (κ3) is 2.08. The van der Waals surface area contributed by atoms with Crippen molar-refractivity contribution in [1.29, 1.82) is 0 Å². The van der Waals surface area contributed by atoms with Crippen LogP contribution in [0.1, 0.15) is 23.0 Å². The first-order chi connectivity index (χ1) is 9.15. The Morgan fingerprint density at radius 2 is 2.21 bits per heavy atom. The molecule has 2 aromatic rings. The van der Waals surface area contributed by atoms with E-state index < -0.39 is 6.10 Å². The first kappa shape index (κ1) is 11.8. The number of fused-ring (bicyclic) bond motifs is 1. The number of ether oxygens (including phenoxy) is 1. The summed E-state index contributed by atoms with van der Waals surface area (Å²) in [5.41, 5.74) is 1.96. The van der Waals surface area contributed by atoms with E-state index in [1.54, 1.807) is 31.2 Å². The van der Waals surface area contributed by atoms with Gasteiger partial charge in [0, 0.05) is 5.56 Å². The van der Waals surface area contributed by atoms with E-state index in [2.05, 4.69) is 5.32 Å². The van der Waals surface area contributed by atoms with Gasteiger partial charge < -0.3 is 19.6 Å². The predicted octanol–water partition coefficient (Wildman–Crippen LogP) is 2.00. The summed E-state index contributed by atoms with van der Waals surface area (Å²) in [6.07, 6.45) is 0.750. The average Bonchev–Trinajstić information content (AvgIpc) is 2.83. The minimum absolute atomic E-state index is 0.0236. The van der Waals surface area contributed by atoms with Gasteiger partial charge in [0.25, 0.3) is 5.91 Å². The second-order valence-corrected chi connectivity index (χ2v) is 4.43. The Kier molecular flexibility index (Phi) is 2.76. The molecule has 0 bridgehead atoms. The highest BCUT2D eigenvalue weighted by Crippen LogP contribution is 2.33. The molecule has 98 valence electrons. The zero-order chi connectivity index (χ0) is 13.4. The molecule has 2 heterocycles. The molecule has 1 unspecified atom stereocenters. The second kappa shape index (κ2) is 4.44. The minimum Gasteiger partial charge on any atom is -0.482 e. The lowest BCUT2D eigenvalue weighted by Gasteiger charge is -2.19. The van der Waals surface area contributed by atoms with Crippen molar-refractivity contribution in [3.63, 3.8) is 0 Å². The number of aliphatic hydroxyl groups excluding tert-OH is 1. The van der Waals surface area contributed by atoms with E-state index >= 15 is 0 Å². The lowest BCUT2D eigenvalue weighted by atomic mass is 10.0. The van der Waals surface area contributed by atoms with Crippen molar-refractivity contribution < 1.29 is 19.1 Å². The van der Waals surface area contributed by atoms with Crippen LogP contribution in [0.15, 0.2) is 34.9 Å². The largest absolute Gasteiger partial charge is 0.482 e. The van der Waals surface area contributed by atoms with E-state index in [0.717, 1.165) is 0 Å². The smallest absolute Gasteiger partial charge is 0.262 e. The van der Waals surface area contributed by atoms with Gasteiger partial charge in [-0.05, 0) is 30.7 Å². The average molecular weight is 259 g/mol. The molecule has 0 saturated carbocycles. The Hall–Kier alpha value is -2.27. The van der Waals surface area contributed by atoms with Gasteiger partial charge in [-0.25, -0.2) is 0 Å². The summed E-state index contributed by atoms with van der Waals surface area (Å²) in [7, 11) is 0. The normalized spacial score (nSPS) is 15.4. The van der Waals surface area contributed by atoms with Crippen molar-refractivity contribution in [2.75, 3.05) is 11.9 Å². The highest BCUT2D eigenvalue weighted by molar-refractivity contribution is 5.95. The van der Waals surface area contributed by atoms with E-state index in [1.165, 1.54) is 6.26 Å². The summed E-state index contributed by atoms with van der Waals surface area (Å²) < 4.78 is 10.5. The van der Waals surface area contributed by atoms with Crippen molar-refractivity contribution in [1.82, 2.24) is 0 Å². The van der Waals surface area contributed by atoms with E-state index in [4.69, 9.17) is 9.15 Å². The molecule has 1 aromatic carbocycles. The Labute approximate surface area is 109 Å². The third-order valence-corrected chi connectivity index (χ3v) is 3.15. The van der Waals surface area contributed by atoms with Gasteiger partial charge in [0.15, 0.2) is 6.61 Å². The van der Waals surface area contributed by atoms with E-state index in [1.807, 2.05) is 0 Å². The number of benzene rings is 1. The molecule has 2 N–H and O–H groups in total. The SMILES string of the molecule is Cc1occc1C(O)c1ccc2c(c1)NC(=O)CO2. The van der Waals surface area contributed by atoms with Gasteiger partial charge in [0.2, 0.25) is 0 Å². The Morgan fingerprint density at radius 3 is 2.95 bits per heavy atom. The maximum atomic E-state index is 11.3. The van der Waals surface area contributed by atoms with Crippen LogP contribution in [0.2, 0.25) is 0 Å². The first-order valence-electron chi connectivity index (χ1n) is 5.94. The molecule has 0 spiro atoms. The van der Waals surface area contributed by atoms with Gasteiger partial charge in [-0.2, -0.15) is 0 Å². The summed E-state index contributed by atoms with van der Waals surface area (Å²) in [6, 6.07) is 6.95. The molecule has 0 saturated heterocycles. The van der Waals surface area contributed by atoms with Crippen LogP contribution in [0.4, 0.5) is 5.69 Å². The zero-order valence-corrected chi connectivity index (χ0v) is 10.3. The summed E-state index contributed by atoms with van der Waals surface area (Å²) in [4.78, 5) is 11.3. The van der Waals surface area contributed by atoms with Gasteiger partial charge in [-0.15, -0.1) is 0 Å². The van der Waals surface area contributed by atoms with Crippen molar-refractivity contribution in [3.8, 4) is 5.75 Å². The number of hydrogen-bond donors (Lipinski definition) is 2. The maximum Gasteiger partial charge on any atom is 0.262 e. The lowest BCUT2D eigenvalue weighted by molar-refractivity contribution is -0.118. The highest BCUT2D eigenvalue weighted by Gasteiger charge is 2.20. The number of aryl methyl sites for hydroxylation is 1. The van der Waals surface area contributed by atoms with Crippen LogP contribution in [0.3, 0.4) is 0 Å². The fourth-order valence-electron chi connectivity index (χ4n) is 2.13. The number of carbonyl (C=O) groups excluding carboxylic acids is 1. The number of amides is 1. The Balaban J connectivity index is 1.96. The summed E-state index contributed by atoms with van der Waals surface area (Å²) in [5.74, 6) is 1.09. The number of furan rings is 1. The Bertz CT molecular complexity index is 632. The minimum atomic E-state index is -0.789. The monoisotopic (exact) mass is 259 g/mol. The molecule has 0 radical (unpaired) electrons. The molecule has 3 rings (SSSR count). The number of rotatable bonds is 2. The summed E-state index contributed by atoms with van der Waals surface area (Å²) in [5, 5.41) is 13.0. The molecule has 5 heteroatoms. The lowest BCUT2D eigenvalue weighted by Crippen LogP contribution is -2.25. The molecule has 1 aliphatic heterocycles. The molecule has 5 nitrogen and oxygen atoms in total. The molecular formula is C14H13NO4. The number of anilines is 1. The van der Waals surface area contributed by atoms with Crippen molar-refractivity contribution >= 4 is 11.6 Å². The van der Waals surface area contributed by atoms with Crippen LogP contribution in [-0.2, 0) is 4.79 Å². The first-order valence-corrected chi connectivity index (χ1v) is 5.94. The quantitative estimate of drug-likeness (QED) is 0.865. The van der Waals surface area contributed by atoms with Crippen molar-refractivity contribution in [2.24, 2.45) is 0 Å². The van der Waals surface area contributed by atoms with Crippen LogP contribution < -0.4 is 10.1 Å². The van der Waals surface area contributed by atoms with Crippen LogP contribution in [0.25, 0.3) is 0 Å². The zero-order valence-electron chi connectivity index (χ0n) is 10.3. The fourth-order valence-corrected chi connectivity index (χ4v) is 2.13. The number of aliphatic hydroxyl groups is 1. The number of nitrogens with one attached hydrogen (secondary N) is 1. The maximum absolute atomic E-state index is 11.3. The van der Waals surface area contributed by atoms with Gasteiger partial charge in [0.05, 0.1) is 12.0 Å². The van der Waals surface area contributed by atoms with Crippen LogP contribution in [0, 0.1) is 6.92 Å². The topological polar surface area (TPSA) is 71.7 Å². The number of carbonyl (C=O) groups is 1. The third-order valence-electron chi connectivity index (χ3n) is 3.15. The van der Waals surface area contributed by atoms with Gasteiger partial charge in [0.1, 0.15) is 17.6 Å². The van der Waals surface area contributed by atoms with E-state index in [9.17, 15) is 9.90 Å². The van der Waals surface area contributed by atoms with Crippen molar-refractivity contribution in [3.05, 3.63) is 47.4 Å². The standard InChI is InChI=1S/C14H13NO4/c1-8-10(4-5-18-8)14(17)9-2-3-12-11(6-9)15-13(16)7-19-12/h2-6,14,17H,7H2,1H3,(H,15,16). The van der Waals surface area contributed by atoms with Gasteiger partial charge in [-0.1, -0.05) is 6.07 Å². The second-order valence-electron chi connectivity index (χ2n) is 4.43. The van der Waals surface area contributed by atoms with Crippen molar-refractivity contribution in [2.45, 2.75) is 13.0 Å². The Morgan fingerprint density at radius 1 is 1.37 bits per heavy atom. The molecule has 19 heavy (non-hydrogen) atoms. The predicted molar refractivity (Wildman–Crippen MR) is 68.1 cm³/mol. The van der Waals surface area contributed by atoms with E-state index in [0.29, 0.717) is 28.3 Å². The van der Waals surface area contributed by atoms with Crippen LogP contribution in [0.5, 0.6) is 5.75 Å². The van der Waals surface area contributed by atoms with E-state index in [-0.39, 0.29) is 12.5 Å². The summed E-state index contributed by atoms with van der Waals surface area (Å²) >= 11 is 0. The fraction of sp³-hybridized carbons (Fsp3) is 0.214. The summed E-state index contributed by atoms with van der Waals surface area (Å²) in [6.45, 7) is 1.82. The number of hydrogen-bond acceptors (Lipinski definition) is 4.